The maximum absolute atomic E-state index is 10.1. The van der Waals surface area contributed by atoms with Crippen molar-refractivity contribution < 1.29 is 14.9 Å². The number of aromatic hydroxyl groups is 1. The van der Waals surface area contributed by atoms with Crippen molar-refractivity contribution in [2.75, 3.05) is 39.9 Å². The van der Waals surface area contributed by atoms with Gasteiger partial charge in [-0.05, 0) is 24.6 Å². The van der Waals surface area contributed by atoms with Gasteiger partial charge in [0.15, 0.2) is 0 Å². The lowest BCUT2D eigenvalue weighted by Gasteiger charge is -2.35. The molecule has 0 amide bonds. The number of hydrogen-bond acceptors (Lipinski definition) is 5. The monoisotopic (exact) mass is 266 g/mol. The van der Waals surface area contributed by atoms with Gasteiger partial charge in [-0.1, -0.05) is 0 Å². The molecule has 3 N–H and O–H groups in total. The van der Waals surface area contributed by atoms with Crippen LogP contribution in [-0.2, 0) is 0 Å². The zero-order valence-electron chi connectivity index (χ0n) is 11.3. The molecule has 0 saturated carbocycles. The highest BCUT2D eigenvalue weighted by Crippen LogP contribution is 2.34. The van der Waals surface area contributed by atoms with E-state index in [1.807, 2.05) is 6.07 Å². The Morgan fingerprint density at radius 2 is 2.11 bits per heavy atom. The minimum atomic E-state index is 0.0298. The first-order chi connectivity index (χ1) is 9.26. The summed E-state index contributed by atoms with van der Waals surface area (Å²) in [6.45, 7) is 3.81. The quantitative estimate of drug-likeness (QED) is 0.733. The van der Waals surface area contributed by atoms with E-state index in [1.54, 1.807) is 19.2 Å². The van der Waals surface area contributed by atoms with Crippen molar-refractivity contribution >= 4 is 0 Å². The molecule has 1 aromatic carbocycles. The lowest BCUT2D eigenvalue weighted by atomic mass is 10.00. The molecular weight excluding hydrogens is 244 g/mol. The standard InChI is InChI=1S/C14H22N2O3/c1-19-11-2-3-14(18)12(10-11)13(4-9-17)16-7-5-15-6-8-16/h2-3,10,13,15,17-18H,4-9H2,1H3/t13-/m0/s1. The number of benzene rings is 1. The third-order valence-electron chi connectivity index (χ3n) is 3.59. The summed E-state index contributed by atoms with van der Waals surface area (Å²) in [6.07, 6.45) is 0.612. The van der Waals surface area contributed by atoms with Gasteiger partial charge in [0.1, 0.15) is 11.5 Å². The zero-order valence-corrected chi connectivity index (χ0v) is 11.3. The molecule has 0 radical (unpaired) electrons. The summed E-state index contributed by atoms with van der Waals surface area (Å²) in [5, 5.41) is 22.7. The molecule has 1 heterocycles. The van der Waals surface area contributed by atoms with Gasteiger partial charge in [0.05, 0.1) is 7.11 Å². The first kappa shape index (κ1) is 14.1. The molecule has 1 fully saturated rings. The molecule has 0 aromatic heterocycles. The molecule has 19 heavy (non-hydrogen) atoms. The van der Waals surface area contributed by atoms with Gasteiger partial charge in [0.25, 0.3) is 0 Å². The average Bonchev–Trinajstić information content (AvgIpc) is 2.47. The molecule has 2 rings (SSSR count). The largest absolute Gasteiger partial charge is 0.508 e. The molecule has 0 spiro atoms. The van der Waals surface area contributed by atoms with Gasteiger partial charge in [-0.25, -0.2) is 0 Å². The molecule has 106 valence electrons. The molecule has 5 heteroatoms. The van der Waals surface area contributed by atoms with E-state index in [2.05, 4.69) is 10.2 Å². The van der Waals surface area contributed by atoms with Crippen molar-refractivity contribution in [1.82, 2.24) is 10.2 Å². The van der Waals surface area contributed by atoms with E-state index in [1.165, 1.54) is 0 Å². The maximum atomic E-state index is 10.1. The highest BCUT2D eigenvalue weighted by Gasteiger charge is 2.24. The number of aliphatic hydroxyl groups excluding tert-OH is 1. The zero-order chi connectivity index (χ0) is 13.7. The average molecular weight is 266 g/mol. The Balaban J connectivity index is 2.26. The Hall–Kier alpha value is -1.30. The summed E-state index contributed by atoms with van der Waals surface area (Å²) < 4.78 is 5.22. The smallest absolute Gasteiger partial charge is 0.120 e. The van der Waals surface area contributed by atoms with Crippen LogP contribution in [0.5, 0.6) is 11.5 Å². The van der Waals surface area contributed by atoms with E-state index in [4.69, 9.17) is 4.74 Å². The number of hydrogen-bond donors (Lipinski definition) is 3. The Bertz CT molecular complexity index is 406. The number of phenols is 1. The van der Waals surface area contributed by atoms with Crippen molar-refractivity contribution in [2.24, 2.45) is 0 Å². The fourth-order valence-corrected chi connectivity index (χ4v) is 2.58. The molecule has 1 aliphatic rings. The summed E-state index contributed by atoms with van der Waals surface area (Å²) >= 11 is 0. The van der Waals surface area contributed by atoms with Crippen LogP contribution in [0.3, 0.4) is 0 Å². The van der Waals surface area contributed by atoms with Crippen molar-refractivity contribution in [3.63, 3.8) is 0 Å². The van der Waals surface area contributed by atoms with Gasteiger partial charge < -0.3 is 20.3 Å². The fourth-order valence-electron chi connectivity index (χ4n) is 2.58. The lowest BCUT2D eigenvalue weighted by molar-refractivity contribution is 0.139. The molecule has 5 nitrogen and oxygen atoms in total. The van der Waals surface area contributed by atoms with Crippen molar-refractivity contribution in [3.8, 4) is 11.5 Å². The minimum Gasteiger partial charge on any atom is -0.508 e. The third kappa shape index (κ3) is 3.37. The summed E-state index contributed by atoms with van der Waals surface area (Å²) in [4.78, 5) is 2.29. The van der Waals surface area contributed by atoms with Gasteiger partial charge in [-0.2, -0.15) is 0 Å². The van der Waals surface area contributed by atoms with Crippen molar-refractivity contribution in [2.45, 2.75) is 12.5 Å². The summed E-state index contributed by atoms with van der Waals surface area (Å²) in [5.74, 6) is 0.989. The van der Waals surface area contributed by atoms with E-state index in [0.717, 1.165) is 37.5 Å². The molecule has 0 bridgehead atoms. The maximum Gasteiger partial charge on any atom is 0.120 e. The Labute approximate surface area is 113 Å². The van der Waals surface area contributed by atoms with Crippen LogP contribution in [0, 0.1) is 0 Å². The van der Waals surface area contributed by atoms with Crippen LogP contribution in [-0.4, -0.2) is 55.0 Å². The molecule has 0 aliphatic carbocycles. The SMILES string of the molecule is COc1ccc(O)c([C@H](CCO)N2CCNCC2)c1. The third-order valence-corrected chi connectivity index (χ3v) is 3.59. The number of aliphatic hydroxyl groups is 1. The van der Waals surface area contributed by atoms with E-state index in [0.29, 0.717) is 6.42 Å². The van der Waals surface area contributed by atoms with E-state index in [9.17, 15) is 10.2 Å². The second-order valence-corrected chi connectivity index (χ2v) is 4.74. The Morgan fingerprint density at radius 1 is 1.37 bits per heavy atom. The van der Waals surface area contributed by atoms with Crippen LogP contribution < -0.4 is 10.1 Å². The number of methoxy groups -OCH3 is 1. The molecular formula is C14H22N2O3. The molecule has 1 atom stereocenters. The van der Waals surface area contributed by atoms with Gasteiger partial charge in [-0.3, -0.25) is 4.90 Å². The van der Waals surface area contributed by atoms with Gasteiger partial charge in [-0.15, -0.1) is 0 Å². The summed E-state index contributed by atoms with van der Waals surface area (Å²) in [7, 11) is 1.61. The summed E-state index contributed by atoms with van der Waals surface area (Å²) in [5.41, 5.74) is 0.829. The van der Waals surface area contributed by atoms with Gasteiger partial charge in [0, 0.05) is 44.4 Å². The van der Waals surface area contributed by atoms with Crippen LogP contribution in [0.2, 0.25) is 0 Å². The number of nitrogens with one attached hydrogen (secondary N) is 1. The van der Waals surface area contributed by atoms with Crippen LogP contribution >= 0.6 is 0 Å². The predicted octanol–water partition coefficient (Wildman–Crippen LogP) is 0.729. The highest BCUT2D eigenvalue weighted by molar-refractivity contribution is 5.41. The number of piperazine rings is 1. The van der Waals surface area contributed by atoms with Gasteiger partial charge >= 0.3 is 0 Å². The van der Waals surface area contributed by atoms with E-state index >= 15 is 0 Å². The molecule has 0 unspecified atom stereocenters. The summed E-state index contributed by atoms with van der Waals surface area (Å²) in [6, 6.07) is 5.28. The van der Waals surface area contributed by atoms with E-state index < -0.39 is 0 Å². The van der Waals surface area contributed by atoms with Crippen LogP contribution in [0.25, 0.3) is 0 Å². The normalized spacial score (nSPS) is 18.2. The lowest BCUT2D eigenvalue weighted by Crippen LogP contribution is -2.45. The number of nitrogens with zero attached hydrogens (tertiary/aromatic N) is 1. The highest BCUT2D eigenvalue weighted by atomic mass is 16.5. The van der Waals surface area contributed by atoms with E-state index in [-0.39, 0.29) is 18.4 Å². The number of rotatable bonds is 5. The van der Waals surface area contributed by atoms with Crippen LogP contribution in [0.4, 0.5) is 0 Å². The minimum absolute atomic E-state index is 0.0298. The van der Waals surface area contributed by atoms with Crippen LogP contribution in [0.1, 0.15) is 18.0 Å². The Kier molecular flexibility index (Phi) is 5.01. The number of phenolic OH excluding ortho intramolecular Hbond substituents is 1. The van der Waals surface area contributed by atoms with Gasteiger partial charge in [0.2, 0.25) is 0 Å². The fraction of sp³-hybridized carbons (Fsp3) is 0.571. The molecule has 1 saturated heterocycles. The Morgan fingerprint density at radius 3 is 2.74 bits per heavy atom. The first-order valence-electron chi connectivity index (χ1n) is 6.68. The second kappa shape index (κ2) is 6.75. The second-order valence-electron chi connectivity index (χ2n) is 4.74. The molecule has 1 aliphatic heterocycles. The number of ether oxygens (including phenoxy) is 1. The van der Waals surface area contributed by atoms with Crippen molar-refractivity contribution in [1.29, 1.82) is 0 Å². The first-order valence-corrected chi connectivity index (χ1v) is 6.68. The topological polar surface area (TPSA) is 65.0 Å². The van der Waals surface area contributed by atoms with Crippen LogP contribution in [0.15, 0.2) is 18.2 Å². The predicted molar refractivity (Wildman–Crippen MR) is 73.5 cm³/mol. The van der Waals surface area contributed by atoms with Crippen molar-refractivity contribution in [3.05, 3.63) is 23.8 Å². The molecule has 1 aromatic rings.